The zero-order valence-electron chi connectivity index (χ0n) is 12.3. The topological polar surface area (TPSA) is 93.2 Å². The van der Waals surface area contributed by atoms with E-state index in [0.29, 0.717) is 23.2 Å². The van der Waals surface area contributed by atoms with Gasteiger partial charge in [0.15, 0.2) is 11.6 Å². The number of aryl methyl sites for hydroxylation is 2. The molecule has 112 valence electrons. The summed E-state index contributed by atoms with van der Waals surface area (Å²) in [6.07, 6.45) is 3.63. The molecule has 1 atom stereocenters. The first-order chi connectivity index (χ1) is 9.95. The van der Waals surface area contributed by atoms with Crippen molar-refractivity contribution in [1.29, 1.82) is 0 Å². The van der Waals surface area contributed by atoms with Gasteiger partial charge in [0.05, 0.1) is 17.9 Å². The van der Waals surface area contributed by atoms with Crippen LogP contribution in [0.25, 0.3) is 0 Å². The van der Waals surface area contributed by atoms with E-state index < -0.39 is 6.04 Å². The number of carbonyl (C=O) groups excluding carboxylic acids is 1. The predicted octanol–water partition coefficient (Wildman–Crippen LogP) is 1.79. The van der Waals surface area contributed by atoms with Gasteiger partial charge in [-0.05, 0) is 26.7 Å². The molecule has 2 N–H and O–H groups in total. The summed E-state index contributed by atoms with van der Waals surface area (Å²) in [5.41, 5.74) is 1.01. The highest BCUT2D eigenvalue weighted by molar-refractivity contribution is 5.92. The van der Waals surface area contributed by atoms with Gasteiger partial charge < -0.3 is 14.8 Å². The normalized spacial score (nSPS) is 16.0. The van der Waals surface area contributed by atoms with Gasteiger partial charge in [-0.1, -0.05) is 0 Å². The van der Waals surface area contributed by atoms with Gasteiger partial charge in [0.1, 0.15) is 5.69 Å². The number of carbonyl (C=O) groups is 1. The summed E-state index contributed by atoms with van der Waals surface area (Å²) in [4.78, 5) is 16.6. The molecule has 0 bridgehead atoms. The Hall–Kier alpha value is -2.31. The highest BCUT2D eigenvalue weighted by Gasteiger charge is 2.31. The number of nitrogens with zero attached hydrogens (tertiary/aromatic N) is 3. The van der Waals surface area contributed by atoms with Crippen molar-refractivity contribution in [3.8, 4) is 5.75 Å². The van der Waals surface area contributed by atoms with E-state index in [-0.39, 0.29) is 17.4 Å². The van der Waals surface area contributed by atoms with Gasteiger partial charge in [-0.2, -0.15) is 5.10 Å². The third kappa shape index (κ3) is 2.63. The van der Waals surface area contributed by atoms with Crippen LogP contribution in [0.15, 0.2) is 10.6 Å². The van der Waals surface area contributed by atoms with Crippen molar-refractivity contribution in [2.24, 2.45) is 7.05 Å². The van der Waals surface area contributed by atoms with Crippen LogP contribution in [-0.4, -0.2) is 25.8 Å². The van der Waals surface area contributed by atoms with Crippen LogP contribution in [0.1, 0.15) is 59.6 Å². The molecule has 7 nitrogen and oxygen atoms in total. The molecule has 1 saturated carbocycles. The molecule has 21 heavy (non-hydrogen) atoms. The van der Waals surface area contributed by atoms with Crippen LogP contribution in [-0.2, 0) is 7.05 Å². The van der Waals surface area contributed by atoms with Crippen molar-refractivity contribution in [2.45, 2.75) is 38.6 Å². The minimum Gasteiger partial charge on any atom is -0.504 e. The second-order valence-corrected chi connectivity index (χ2v) is 5.51. The summed E-state index contributed by atoms with van der Waals surface area (Å²) in [6.45, 7) is 3.51. The van der Waals surface area contributed by atoms with Crippen molar-refractivity contribution in [3.63, 3.8) is 0 Å². The molecule has 1 unspecified atom stereocenters. The zero-order valence-corrected chi connectivity index (χ0v) is 12.3. The Labute approximate surface area is 122 Å². The molecule has 0 saturated heterocycles. The molecule has 1 amide bonds. The number of hydrogen-bond acceptors (Lipinski definition) is 5. The van der Waals surface area contributed by atoms with Crippen molar-refractivity contribution >= 4 is 5.91 Å². The van der Waals surface area contributed by atoms with E-state index in [9.17, 15) is 9.90 Å². The van der Waals surface area contributed by atoms with Crippen LogP contribution in [0.5, 0.6) is 5.75 Å². The van der Waals surface area contributed by atoms with Crippen molar-refractivity contribution in [2.75, 3.05) is 0 Å². The van der Waals surface area contributed by atoms with Gasteiger partial charge in [-0.3, -0.25) is 9.48 Å². The Morgan fingerprint density at radius 3 is 2.86 bits per heavy atom. The minimum absolute atomic E-state index is 0.0539. The molecule has 3 rings (SSSR count). The summed E-state index contributed by atoms with van der Waals surface area (Å²) in [5, 5.41) is 16.7. The van der Waals surface area contributed by atoms with Gasteiger partial charge in [0, 0.05) is 13.0 Å². The number of nitrogens with one attached hydrogen (secondary N) is 1. The smallest absolute Gasteiger partial charge is 0.289 e. The Balaban J connectivity index is 1.75. The van der Waals surface area contributed by atoms with Crippen molar-refractivity contribution in [3.05, 3.63) is 29.2 Å². The van der Waals surface area contributed by atoms with E-state index in [1.165, 1.54) is 10.9 Å². The van der Waals surface area contributed by atoms with Gasteiger partial charge in [-0.15, -0.1) is 0 Å². The fraction of sp³-hybridized carbons (Fsp3) is 0.500. The number of amides is 1. The fourth-order valence-corrected chi connectivity index (χ4v) is 2.26. The minimum atomic E-state index is -0.424. The molecule has 0 radical (unpaired) electrons. The molecular weight excluding hydrogens is 272 g/mol. The Kier molecular flexibility index (Phi) is 3.19. The quantitative estimate of drug-likeness (QED) is 0.895. The number of hydrogen-bond donors (Lipinski definition) is 2. The van der Waals surface area contributed by atoms with Gasteiger partial charge in [-0.25, -0.2) is 4.98 Å². The molecular formula is C14H18N4O3. The largest absolute Gasteiger partial charge is 0.504 e. The van der Waals surface area contributed by atoms with E-state index >= 15 is 0 Å². The Morgan fingerprint density at radius 2 is 2.29 bits per heavy atom. The summed E-state index contributed by atoms with van der Waals surface area (Å²) in [7, 11) is 1.71. The van der Waals surface area contributed by atoms with Gasteiger partial charge in [0.2, 0.25) is 5.76 Å². The predicted molar refractivity (Wildman–Crippen MR) is 74.0 cm³/mol. The zero-order chi connectivity index (χ0) is 15.1. The number of oxazole rings is 1. The van der Waals surface area contributed by atoms with E-state index in [1.807, 2.05) is 0 Å². The first-order valence-corrected chi connectivity index (χ1v) is 6.96. The van der Waals surface area contributed by atoms with Crippen LogP contribution >= 0.6 is 0 Å². The lowest BCUT2D eigenvalue weighted by atomic mass is 10.2. The van der Waals surface area contributed by atoms with E-state index in [1.54, 1.807) is 20.9 Å². The standard InChI is InChI=1S/C14H18N4O3/c1-7(11-10(19)6-18(3)17-11)15-13(20)12-8(2)16-14(21-12)9-4-5-9/h6-7,9,19H,4-5H2,1-3H3,(H,15,20). The third-order valence-corrected chi connectivity index (χ3v) is 3.54. The summed E-state index contributed by atoms with van der Waals surface area (Å²) in [6, 6.07) is -0.424. The molecule has 1 aliphatic carbocycles. The third-order valence-electron chi connectivity index (χ3n) is 3.54. The molecule has 1 fully saturated rings. The highest BCUT2D eigenvalue weighted by Crippen LogP contribution is 2.40. The van der Waals surface area contributed by atoms with Crippen LogP contribution in [0.2, 0.25) is 0 Å². The van der Waals surface area contributed by atoms with E-state index in [0.717, 1.165) is 12.8 Å². The summed E-state index contributed by atoms with van der Waals surface area (Å²) < 4.78 is 7.06. The molecule has 7 heteroatoms. The highest BCUT2D eigenvalue weighted by atomic mass is 16.4. The summed E-state index contributed by atoms with van der Waals surface area (Å²) >= 11 is 0. The summed E-state index contributed by atoms with van der Waals surface area (Å²) in [5.74, 6) is 0.954. The maximum atomic E-state index is 12.3. The second kappa shape index (κ2) is 4.91. The molecule has 0 aliphatic heterocycles. The molecule has 0 spiro atoms. The molecule has 2 heterocycles. The first-order valence-electron chi connectivity index (χ1n) is 6.96. The first kappa shape index (κ1) is 13.7. The second-order valence-electron chi connectivity index (χ2n) is 5.51. The lowest BCUT2D eigenvalue weighted by Gasteiger charge is -2.10. The maximum absolute atomic E-state index is 12.3. The Morgan fingerprint density at radius 1 is 1.57 bits per heavy atom. The lowest BCUT2D eigenvalue weighted by molar-refractivity contribution is 0.0908. The van der Waals surface area contributed by atoms with E-state index in [2.05, 4.69) is 15.4 Å². The van der Waals surface area contributed by atoms with E-state index in [4.69, 9.17) is 4.42 Å². The number of aromatic nitrogens is 3. The van der Waals surface area contributed by atoms with Crippen LogP contribution in [0.4, 0.5) is 0 Å². The van der Waals surface area contributed by atoms with Crippen molar-refractivity contribution in [1.82, 2.24) is 20.1 Å². The van der Waals surface area contributed by atoms with Crippen molar-refractivity contribution < 1.29 is 14.3 Å². The van der Waals surface area contributed by atoms with Crippen LogP contribution in [0, 0.1) is 6.92 Å². The maximum Gasteiger partial charge on any atom is 0.289 e. The average molecular weight is 290 g/mol. The molecule has 1 aliphatic rings. The monoisotopic (exact) mass is 290 g/mol. The average Bonchev–Trinajstić information content (AvgIpc) is 3.10. The molecule has 0 aromatic carbocycles. The molecule has 2 aromatic rings. The molecule has 2 aromatic heterocycles. The van der Waals surface area contributed by atoms with Crippen LogP contribution in [0.3, 0.4) is 0 Å². The van der Waals surface area contributed by atoms with Crippen LogP contribution < -0.4 is 5.32 Å². The number of rotatable bonds is 4. The fourth-order valence-electron chi connectivity index (χ4n) is 2.26. The van der Waals surface area contributed by atoms with Gasteiger partial charge >= 0.3 is 0 Å². The van der Waals surface area contributed by atoms with Gasteiger partial charge in [0.25, 0.3) is 5.91 Å². The SMILES string of the molecule is Cc1nc(C2CC2)oc1C(=O)NC(C)c1nn(C)cc1O. The Bertz CT molecular complexity index is 684. The lowest BCUT2D eigenvalue weighted by Crippen LogP contribution is -2.27. The number of aromatic hydroxyl groups is 1.